The Kier molecular flexibility index (Phi) is 6.36. The van der Waals surface area contributed by atoms with Gasteiger partial charge in [-0.2, -0.15) is 0 Å². The number of thiophene rings is 1. The number of hydrogen-bond acceptors (Lipinski definition) is 3. The molecule has 0 aromatic carbocycles. The molecule has 0 bridgehead atoms. The third-order valence-electron chi connectivity index (χ3n) is 3.04. The normalized spacial score (nSPS) is 12.4. The van der Waals surface area contributed by atoms with Crippen LogP contribution in [0, 0.1) is 12.8 Å². The van der Waals surface area contributed by atoms with Crippen molar-refractivity contribution in [3.8, 4) is 0 Å². The lowest BCUT2D eigenvalue weighted by molar-refractivity contribution is 0.0956. The van der Waals surface area contributed by atoms with E-state index in [9.17, 15) is 4.79 Å². The third-order valence-corrected chi connectivity index (χ3v) is 4.42. The number of nitrogens with one attached hydrogen (secondary N) is 1. The molecule has 1 amide bonds. The maximum Gasteiger partial charge on any atom is 0.261 e. The molecule has 0 fully saturated rings. The molecule has 1 rings (SSSR count). The predicted molar refractivity (Wildman–Crippen MR) is 76.3 cm³/mol. The molecule has 1 heterocycles. The Hall–Kier alpha value is -0.870. The topological polar surface area (TPSA) is 49.3 Å². The van der Waals surface area contributed by atoms with Crippen molar-refractivity contribution >= 4 is 17.2 Å². The molecule has 102 valence electrons. The summed E-state index contributed by atoms with van der Waals surface area (Å²) in [5, 5.41) is 11.8. The van der Waals surface area contributed by atoms with Gasteiger partial charge in [0, 0.05) is 18.0 Å². The lowest BCUT2D eigenvalue weighted by Crippen LogP contribution is -2.24. The summed E-state index contributed by atoms with van der Waals surface area (Å²) < 4.78 is 0. The van der Waals surface area contributed by atoms with Gasteiger partial charge in [0.25, 0.3) is 5.91 Å². The molecule has 0 saturated carbocycles. The van der Waals surface area contributed by atoms with Crippen LogP contribution >= 0.6 is 11.3 Å². The Bertz CT molecular complexity index is 387. The lowest BCUT2D eigenvalue weighted by atomic mass is 10.1. The number of aliphatic hydroxyl groups excluding tert-OH is 1. The number of carbonyl (C=O) groups excluding carboxylic acids is 1. The zero-order valence-electron chi connectivity index (χ0n) is 11.5. The van der Waals surface area contributed by atoms with Crippen LogP contribution in [0.5, 0.6) is 0 Å². The molecule has 1 aromatic heterocycles. The van der Waals surface area contributed by atoms with Crippen molar-refractivity contribution in [2.75, 3.05) is 13.2 Å². The summed E-state index contributed by atoms with van der Waals surface area (Å²) in [5.41, 5.74) is 1.21. The van der Waals surface area contributed by atoms with E-state index >= 15 is 0 Å². The number of amides is 1. The molecular weight excluding hydrogens is 246 g/mol. The van der Waals surface area contributed by atoms with Crippen molar-refractivity contribution < 1.29 is 9.90 Å². The average molecular weight is 269 g/mol. The monoisotopic (exact) mass is 269 g/mol. The van der Waals surface area contributed by atoms with E-state index in [-0.39, 0.29) is 12.5 Å². The Balaban J connectivity index is 2.36. The smallest absolute Gasteiger partial charge is 0.261 e. The highest BCUT2D eigenvalue weighted by Crippen LogP contribution is 2.22. The SMILES string of the molecule is CCc1sc(C(=O)NCCCC(C)CO)cc1C. The van der Waals surface area contributed by atoms with Crippen molar-refractivity contribution in [2.24, 2.45) is 5.92 Å². The maximum absolute atomic E-state index is 11.9. The first-order valence-electron chi connectivity index (χ1n) is 6.56. The third kappa shape index (κ3) is 4.42. The second-order valence-corrected chi connectivity index (χ2v) is 5.89. The van der Waals surface area contributed by atoms with E-state index in [1.165, 1.54) is 10.4 Å². The van der Waals surface area contributed by atoms with Crippen molar-refractivity contribution in [3.63, 3.8) is 0 Å². The van der Waals surface area contributed by atoms with Gasteiger partial charge in [0.05, 0.1) is 4.88 Å². The maximum atomic E-state index is 11.9. The summed E-state index contributed by atoms with van der Waals surface area (Å²) in [6.07, 6.45) is 2.84. The summed E-state index contributed by atoms with van der Waals surface area (Å²) in [6, 6.07) is 1.97. The van der Waals surface area contributed by atoms with Crippen LogP contribution in [-0.2, 0) is 6.42 Å². The molecule has 0 saturated heterocycles. The highest BCUT2D eigenvalue weighted by Gasteiger charge is 2.11. The highest BCUT2D eigenvalue weighted by atomic mass is 32.1. The summed E-state index contributed by atoms with van der Waals surface area (Å²) in [7, 11) is 0. The molecule has 4 heteroatoms. The van der Waals surface area contributed by atoms with Gasteiger partial charge in [-0.1, -0.05) is 13.8 Å². The van der Waals surface area contributed by atoms with E-state index in [4.69, 9.17) is 5.11 Å². The van der Waals surface area contributed by atoms with Gasteiger partial charge in [-0.3, -0.25) is 4.79 Å². The summed E-state index contributed by atoms with van der Waals surface area (Å²) in [5.74, 6) is 0.344. The van der Waals surface area contributed by atoms with E-state index < -0.39 is 0 Å². The first-order valence-corrected chi connectivity index (χ1v) is 7.38. The zero-order valence-corrected chi connectivity index (χ0v) is 12.3. The molecule has 1 unspecified atom stereocenters. The Morgan fingerprint density at radius 1 is 1.56 bits per heavy atom. The fourth-order valence-corrected chi connectivity index (χ4v) is 2.84. The minimum Gasteiger partial charge on any atom is -0.396 e. The summed E-state index contributed by atoms with van der Waals surface area (Å²) in [6.45, 7) is 7.07. The fraction of sp³-hybridized carbons (Fsp3) is 0.643. The molecule has 2 N–H and O–H groups in total. The van der Waals surface area contributed by atoms with Gasteiger partial charge in [-0.15, -0.1) is 11.3 Å². The van der Waals surface area contributed by atoms with E-state index in [0.717, 1.165) is 24.1 Å². The van der Waals surface area contributed by atoms with Gasteiger partial charge in [-0.05, 0) is 43.7 Å². The molecule has 0 aliphatic carbocycles. The van der Waals surface area contributed by atoms with Gasteiger partial charge in [0.1, 0.15) is 0 Å². The van der Waals surface area contributed by atoms with Crippen molar-refractivity contribution in [1.82, 2.24) is 5.32 Å². The van der Waals surface area contributed by atoms with Gasteiger partial charge in [-0.25, -0.2) is 0 Å². The standard InChI is InChI=1S/C14H23NO2S/c1-4-12-11(3)8-13(18-12)14(17)15-7-5-6-10(2)9-16/h8,10,16H,4-7,9H2,1-3H3,(H,15,17). The quantitative estimate of drug-likeness (QED) is 0.748. The molecule has 3 nitrogen and oxygen atoms in total. The second-order valence-electron chi connectivity index (χ2n) is 4.76. The Morgan fingerprint density at radius 3 is 2.83 bits per heavy atom. The molecule has 1 atom stereocenters. The highest BCUT2D eigenvalue weighted by molar-refractivity contribution is 7.14. The number of aryl methyl sites for hydroxylation is 2. The van der Waals surface area contributed by atoms with E-state index in [1.54, 1.807) is 11.3 Å². The molecule has 0 spiro atoms. The van der Waals surface area contributed by atoms with Crippen LogP contribution in [0.25, 0.3) is 0 Å². The molecule has 0 aliphatic rings. The van der Waals surface area contributed by atoms with Crippen molar-refractivity contribution in [2.45, 2.75) is 40.0 Å². The number of carbonyl (C=O) groups is 1. The number of aliphatic hydroxyl groups is 1. The fourth-order valence-electron chi connectivity index (χ4n) is 1.81. The van der Waals surface area contributed by atoms with Gasteiger partial charge >= 0.3 is 0 Å². The van der Waals surface area contributed by atoms with Crippen LogP contribution in [0.15, 0.2) is 6.07 Å². The van der Waals surface area contributed by atoms with E-state index in [0.29, 0.717) is 12.5 Å². The first-order chi connectivity index (χ1) is 8.58. The predicted octanol–water partition coefficient (Wildman–Crippen LogP) is 2.76. The van der Waals surface area contributed by atoms with Crippen LogP contribution in [0.1, 0.15) is 46.8 Å². The van der Waals surface area contributed by atoms with Crippen LogP contribution < -0.4 is 5.32 Å². The lowest BCUT2D eigenvalue weighted by Gasteiger charge is -2.07. The van der Waals surface area contributed by atoms with Crippen LogP contribution in [0.3, 0.4) is 0 Å². The van der Waals surface area contributed by atoms with Crippen LogP contribution in [0.4, 0.5) is 0 Å². The van der Waals surface area contributed by atoms with Crippen molar-refractivity contribution in [3.05, 3.63) is 21.4 Å². The summed E-state index contributed by atoms with van der Waals surface area (Å²) >= 11 is 1.58. The molecule has 0 aliphatic heterocycles. The van der Waals surface area contributed by atoms with Gasteiger partial charge < -0.3 is 10.4 Å². The number of hydrogen-bond donors (Lipinski definition) is 2. The van der Waals surface area contributed by atoms with Crippen molar-refractivity contribution in [1.29, 1.82) is 0 Å². The Morgan fingerprint density at radius 2 is 2.28 bits per heavy atom. The minimum absolute atomic E-state index is 0.0273. The molecular formula is C14H23NO2S. The van der Waals surface area contributed by atoms with Crippen LogP contribution in [-0.4, -0.2) is 24.2 Å². The van der Waals surface area contributed by atoms with Crippen LogP contribution in [0.2, 0.25) is 0 Å². The zero-order chi connectivity index (χ0) is 13.5. The van der Waals surface area contributed by atoms with Gasteiger partial charge in [0.2, 0.25) is 0 Å². The largest absolute Gasteiger partial charge is 0.396 e. The van der Waals surface area contributed by atoms with E-state index in [1.807, 2.05) is 13.0 Å². The first kappa shape index (κ1) is 15.2. The number of rotatable bonds is 7. The minimum atomic E-state index is 0.0273. The van der Waals surface area contributed by atoms with Gasteiger partial charge in [0.15, 0.2) is 0 Å². The summed E-state index contributed by atoms with van der Waals surface area (Å²) in [4.78, 5) is 14.0. The molecule has 0 radical (unpaired) electrons. The molecule has 18 heavy (non-hydrogen) atoms. The average Bonchev–Trinajstić information content (AvgIpc) is 2.75. The second kappa shape index (κ2) is 7.54. The Labute approximate surface area is 113 Å². The molecule has 1 aromatic rings. The van der Waals surface area contributed by atoms with E-state index in [2.05, 4.69) is 19.2 Å².